The summed E-state index contributed by atoms with van der Waals surface area (Å²) in [4.78, 5) is 4.30. The highest BCUT2D eigenvalue weighted by molar-refractivity contribution is 9.10. The van der Waals surface area contributed by atoms with E-state index in [2.05, 4.69) is 26.0 Å². The summed E-state index contributed by atoms with van der Waals surface area (Å²) in [5.41, 5.74) is 8.76. The normalized spacial score (nSPS) is 12.7. The summed E-state index contributed by atoms with van der Waals surface area (Å²) in [7, 11) is 1.87. The van der Waals surface area contributed by atoms with Gasteiger partial charge in [0.1, 0.15) is 0 Å². The Morgan fingerprint density at radius 2 is 2.28 bits per heavy atom. The second-order valence-electron chi connectivity index (χ2n) is 4.15. The molecule has 2 rings (SSSR count). The minimum Gasteiger partial charge on any atom is -0.322 e. The average Bonchev–Trinajstić information content (AvgIpc) is 2.56. The molecule has 1 unspecified atom stereocenters. The van der Waals surface area contributed by atoms with Gasteiger partial charge in [-0.3, -0.25) is 9.67 Å². The van der Waals surface area contributed by atoms with Crippen LogP contribution >= 0.6 is 27.5 Å². The Balaban J connectivity index is 2.27. The summed E-state index contributed by atoms with van der Waals surface area (Å²) in [6.07, 6.45) is 2.34. The molecule has 0 bridgehead atoms. The molecule has 1 atom stereocenters. The molecular formula is C12H14BrClN4. The van der Waals surface area contributed by atoms with E-state index in [1.807, 2.05) is 26.1 Å². The van der Waals surface area contributed by atoms with Gasteiger partial charge in [-0.15, -0.1) is 0 Å². The fourth-order valence-corrected chi connectivity index (χ4v) is 2.66. The van der Waals surface area contributed by atoms with Crippen LogP contribution in [-0.2, 0) is 13.5 Å². The van der Waals surface area contributed by atoms with Crippen LogP contribution in [0.15, 0.2) is 22.8 Å². The second kappa shape index (κ2) is 5.38. The smallest absolute Gasteiger partial charge is 0.0847 e. The van der Waals surface area contributed by atoms with E-state index >= 15 is 0 Å². The van der Waals surface area contributed by atoms with Crippen molar-refractivity contribution in [3.05, 3.63) is 44.9 Å². The molecule has 0 aromatic carbocycles. The van der Waals surface area contributed by atoms with Gasteiger partial charge in [0, 0.05) is 24.1 Å². The Labute approximate surface area is 119 Å². The summed E-state index contributed by atoms with van der Waals surface area (Å²) >= 11 is 9.67. The average molecular weight is 330 g/mol. The summed E-state index contributed by atoms with van der Waals surface area (Å²) in [6.45, 7) is 1.88. The SMILES string of the molecule is Cc1nn(C)c(CC(N)c2ncccc2Br)c1Cl. The lowest BCUT2D eigenvalue weighted by Crippen LogP contribution is -2.17. The summed E-state index contributed by atoms with van der Waals surface area (Å²) in [5.74, 6) is 0. The molecule has 6 heteroatoms. The predicted molar refractivity (Wildman–Crippen MR) is 75.5 cm³/mol. The van der Waals surface area contributed by atoms with Gasteiger partial charge in [-0.2, -0.15) is 5.10 Å². The molecule has 0 aliphatic rings. The Kier molecular flexibility index (Phi) is 4.04. The standard InChI is InChI=1S/C12H14BrClN4/c1-7-11(14)10(18(2)17-7)6-9(15)12-8(13)4-3-5-16-12/h3-5,9H,6,15H2,1-2H3. The molecule has 0 fully saturated rings. The van der Waals surface area contributed by atoms with Gasteiger partial charge in [-0.25, -0.2) is 0 Å². The van der Waals surface area contributed by atoms with Crippen molar-refractivity contribution in [2.45, 2.75) is 19.4 Å². The number of nitrogens with zero attached hydrogens (tertiary/aromatic N) is 3. The van der Waals surface area contributed by atoms with Gasteiger partial charge in [0.2, 0.25) is 0 Å². The van der Waals surface area contributed by atoms with Crippen LogP contribution in [-0.4, -0.2) is 14.8 Å². The molecule has 0 radical (unpaired) electrons. The first-order valence-corrected chi connectivity index (χ1v) is 6.71. The van der Waals surface area contributed by atoms with Crippen molar-refractivity contribution in [2.24, 2.45) is 12.8 Å². The van der Waals surface area contributed by atoms with Crippen molar-refractivity contribution in [1.82, 2.24) is 14.8 Å². The summed E-state index contributed by atoms with van der Waals surface area (Å²) in [6, 6.07) is 3.58. The van der Waals surface area contributed by atoms with Gasteiger partial charge in [-0.05, 0) is 35.0 Å². The van der Waals surface area contributed by atoms with Crippen LogP contribution in [0.5, 0.6) is 0 Å². The van der Waals surface area contributed by atoms with Crippen molar-refractivity contribution in [1.29, 1.82) is 0 Å². The van der Waals surface area contributed by atoms with E-state index in [1.54, 1.807) is 10.9 Å². The fourth-order valence-electron chi connectivity index (χ4n) is 1.88. The molecule has 2 N–H and O–H groups in total. The molecule has 18 heavy (non-hydrogen) atoms. The molecule has 2 aromatic rings. The van der Waals surface area contributed by atoms with Crippen LogP contribution < -0.4 is 5.73 Å². The molecule has 96 valence electrons. The molecule has 0 aliphatic heterocycles. The molecule has 0 spiro atoms. The van der Waals surface area contributed by atoms with Crippen LogP contribution in [0.2, 0.25) is 5.02 Å². The maximum absolute atomic E-state index is 6.21. The molecule has 0 aliphatic carbocycles. The third kappa shape index (κ3) is 2.58. The molecule has 0 saturated heterocycles. The topological polar surface area (TPSA) is 56.7 Å². The number of pyridine rings is 1. The lowest BCUT2D eigenvalue weighted by atomic mass is 10.1. The number of halogens is 2. The van der Waals surface area contributed by atoms with Crippen molar-refractivity contribution < 1.29 is 0 Å². The predicted octanol–water partition coefficient (Wildman–Crippen LogP) is 2.78. The highest BCUT2D eigenvalue weighted by Gasteiger charge is 2.18. The number of aromatic nitrogens is 3. The second-order valence-corrected chi connectivity index (χ2v) is 5.38. The Morgan fingerprint density at radius 1 is 1.56 bits per heavy atom. The monoisotopic (exact) mass is 328 g/mol. The highest BCUT2D eigenvalue weighted by atomic mass is 79.9. The van der Waals surface area contributed by atoms with Crippen LogP contribution in [0.25, 0.3) is 0 Å². The number of rotatable bonds is 3. The van der Waals surface area contributed by atoms with Gasteiger partial charge >= 0.3 is 0 Å². The first kappa shape index (κ1) is 13.5. The molecular weight excluding hydrogens is 316 g/mol. The maximum Gasteiger partial charge on any atom is 0.0847 e. The zero-order valence-corrected chi connectivity index (χ0v) is 12.5. The zero-order valence-electron chi connectivity index (χ0n) is 10.2. The Morgan fingerprint density at radius 3 is 2.83 bits per heavy atom. The molecule has 4 nitrogen and oxygen atoms in total. The maximum atomic E-state index is 6.21. The minimum atomic E-state index is -0.215. The third-order valence-corrected chi connectivity index (χ3v) is 3.98. The van der Waals surface area contributed by atoms with Gasteiger partial charge < -0.3 is 5.73 Å². The Bertz CT molecular complexity index is 567. The largest absolute Gasteiger partial charge is 0.322 e. The zero-order chi connectivity index (χ0) is 13.3. The van der Waals surface area contributed by atoms with Gasteiger partial charge in [0.15, 0.2) is 0 Å². The minimum absolute atomic E-state index is 0.215. The number of hydrogen-bond acceptors (Lipinski definition) is 3. The van der Waals surface area contributed by atoms with E-state index in [4.69, 9.17) is 17.3 Å². The first-order valence-electron chi connectivity index (χ1n) is 5.54. The number of aryl methyl sites for hydroxylation is 2. The summed E-state index contributed by atoms with van der Waals surface area (Å²) < 4.78 is 2.68. The fraction of sp³-hybridized carbons (Fsp3) is 0.333. The third-order valence-electron chi connectivity index (χ3n) is 2.81. The van der Waals surface area contributed by atoms with E-state index in [9.17, 15) is 0 Å². The summed E-state index contributed by atoms with van der Waals surface area (Å²) in [5, 5.41) is 4.96. The quantitative estimate of drug-likeness (QED) is 0.942. The van der Waals surface area contributed by atoms with E-state index < -0.39 is 0 Å². The number of nitrogens with two attached hydrogens (primary N) is 1. The molecule has 0 amide bonds. The van der Waals surface area contributed by atoms with E-state index in [0.717, 1.165) is 21.6 Å². The van der Waals surface area contributed by atoms with Crippen molar-refractivity contribution >= 4 is 27.5 Å². The van der Waals surface area contributed by atoms with E-state index in [-0.39, 0.29) is 6.04 Å². The van der Waals surface area contributed by atoms with E-state index in [1.165, 1.54) is 0 Å². The lowest BCUT2D eigenvalue weighted by molar-refractivity contribution is 0.627. The van der Waals surface area contributed by atoms with Gasteiger partial charge in [-0.1, -0.05) is 11.6 Å². The van der Waals surface area contributed by atoms with Crippen LogP contribution in [0.4, 0.5) is 0 Å². The first-order chi connectivity index (χ1) is 8.50. The molecule has 2 aromatic heterocycles. The van der Waals surface area contributed by atoms with Gasteiger partial charge in [0.25, 0.3) is 0 Å². The highest BCUT2D eigenvalue weighted by Crippen LogP contribution is 2.26. The van der Waals surface area contributed by atoms with Crippen LogP contribution in [0, 0.1) is 6.92 Å². The van der Waals surface area contributed by atoms with Crippen LogP contribution in [0.1, 0.15) is 23.1 Å². The Hall–Kier alpha value is -0.910. The van der Waals surface area contributed by atoms with Crippen molar-refractivity contribution in [2.75, 3.05) is 0 Å². The van der Waals surface area contributed by atoms with Gasteiger partial charge in [0.05, 0.1) is 28.1 Å². The molecule has 2 heterocycles. The lowest BCUT2D eigenvalue weighted by Gasteiger charge is -2.13. The van der Waals surface area contributed by atoms with Crippen molar-refractivity contribution in [3.63, 3.8) is 0 Å². The van der Waals surface area contributed by atoms with E-state index in [0.29, 0.717) is 11.4 Å². The number of hydrogen-bond donors (Lipinski definition) is 1. The van der Waals surface area contributed by atoms with Crippen LogP contribution in [0.3, 0.4) is 0 Å². The molecule has 0 saturated carbocycles. The van der Waals surface area contributed by atoms with Crippen molar-refractivity contribution in [3.8, 4) is 0 Å².